The molecule has 2 aromatic heterocycles. The standard InChI is InChI=1S/C20H21N3O3S/c1-12-13(2)27-19-18(12)20(25)23(11-21-19)9-7-17(24)22-15-8-10-26-16-6-4-3-5-14(15)16/h3-6,11,15H,7-10H2,1-2H3,(H,22,24). The normalized spacial score (nSPS) is 16.0. The number of ether oxygens (including phenoxy) is 1. The predicted molar refractivity (Wildman–Crippen MR) is 105 cm³/mol. The predicted octanol–water partition coefficient (Wildman–Crippen LogP) is 3.10. The van der Waals surface area contributed by atoms with Crippen molar-refractivity contribution in [2.45, 2.75) is 39.3 Å². The van der Waals surface area contributed by atoms with Crippen molar-refractivity contribution in [2.75, 3.05) is 6.61 Å². The quantitative estimate of drug-likeness (QED) is 0.751. The summed E-state index contributed by atoms with van der Waals surface area (Å²) in [4.78, 5) is 31.4. The average molecular weight is 383 g/mol. The maximum absolute atomic E-state index is 12.7. The highest BCUT2D eigenvalue weighted by Crippen LogP contribution is 2.31. The number of hydrogen-bond donors (Lipinski definition) is 1. The Hall–Kier alpha value is -2.67. The zero-order chi connectivity index (χ0) is 19.0. The monoisotopic (exact) mass is 383 g/mol. The highest BCUT2D eigenvalue weighted by molar-refractivity contribution is 7.18. The molecule has 0 bridgehead atoms. The van der Waals surface area contributed by atoms with Crippen LogP contribution in [-0.4, -0.2) is 22.1 Å². The Kier molecular flexibility index (Phi) is 4.70. The number of benzene rings is 1. The van der Waals surface area contributed by atoms with E-state index < -0.39 is 0 Å². The van der Waals surface area contributed by atoms with Crippen LogP contribution in [0.5, 0.6) is 5.75 Å². The molecule has 3 aromatic rings. The van der Waals surface area contributed by atoms with Crippen molar-refractivity contribution in [3.63, 3.8) is 0 Å². The van der Waals surface area contributed by atoms with Crippen molar-refractivity contribution >= 4 is 27.5 Å². The number of nitrogens with zero attached hydrogens (tertiary/aromatic N) is 2. The van der Waals surface area contributed by atoms with Gasteiger partial charge in [0.25, 0.3) is 5.56 Å². The molecule has 1 N–H and O–H groups in total. The van der Waals surface area contributed by atoms with E-state index in [2.05, 4.69) is 10.3 Å². The minimum Gasteiger partial charge on any atom is -0.493 e. The van der Waals surface area contributed by atoms with E-state index in [0.29, 0.717) is 18.5 Å². The van der Waals surface area contributed by atoms with Crippen LogP contribution in [0.25, 0.3) is 10.2 Å². The number of rotatable bonds is 4. The molecule has 1 aliphatic rings. The lowest BCUT2D eigenvalue weighted by Gasteiger charge is -2.26. The molecule has 140 valence electrons. The lowest BCUT2D eigenvalue weighted by atomic mass is 10.0. The molecule has 7 heteroatoms. The molecular formula is C20H21N3O3S. The number of nitrogens with one attached hydrogen (secondary N) is 1. The van der Waals surface area contributed by atoms with Gasteiger partial charge in [-0.3, -0.25) is 14.2 Å². The molecule has 0 radical (unpaired) electrons. The van der Waals surface area contributed by atoms with Crippen LogP contribution in [0.2, 0.25) is 0 Å². The first-order valence-electron chi connectivity index (χ1n) is 9.01. The van der Waals surface area contributed by atoms with Crippen molar-refractivity contribution < 1.29 is 9.53 Å². The van der Waals surface area contributed by atoms with Gasteiger partial charge in [0.15, 0.2) is 0 Å². The van der Waals surface area contributed by atoms with E-state index in [4.69, 9.17) is 4.74 Å². The Morgan fingerprint density at radius 2 is 2.19 bits per heavy atom. The Labute approximate surface area is 160 Å². The number of amides is 1. The Balaban J connectivity index is 1.46. The number of thiophene rings is 1. The van der Waals surface area contributed by atoms with Crippen LogP contribution >= 0.6 is 11.3 Å². The third kappa shape index (κ3) is 3.35. The maximum atomic E-state index is 12.7. The van der Waals surface area contributed by atoms with Crippen LogP contribution < -0.4 is 15.6 Å². The highest BCUT2D eigenvalue weighted by atomic mass is 32.1. The van der Waals surface area contributed by atoms with Gasteiger partial charge in [0.2, 0.25) is 5.91 Å². The number of hydrogen-bond acceptors (Lipinski definition) is 5. The van der Waals surface area contributed by atoms with Gasteiger partial charge < -0.3 is 10.1 Å². The molecule has 1 aromatic carbocycles. The second-order valence-electron chi connectivity index (χ2n) is 6.75. The summed E-state index contributed by atoms with van der Waals surface area (Å²) in [5.74, 6) is 0.741. The smallest absolute Gasteiger partial charge is 0.262 e. The molecule has 3 heterocycles. The van der Waals surface area contributed by atoms with Gasteiger partial charge in [-0.1, -0.05) is 18.2 Å². The van der Waals surface area contributed by atoms with Gasteiger partial charge in [-0.05, 0) is 25.5 Å². The first-order valence-corrected chi connectivity index (χ1v) is 9.82. The van der Waals surface area contributed by atoms with Crippen LogP contribution in [0.15, 0.2) is 35.4 Å². The van der Waals surface area contributed by atoms with E-state index in [9.17, 15) is 9.59 Å². The molecule has 1 aliphatic heterocycles. The molecule has 27 heavy (non-hydrogen) atoms. The van der Waals surface area contributed by atoms with Crippen LogP contribution in [0.3, 0.4) is 0 Å². The van der Waals surface area contributed by atoms with Crippen molar-refractivity contribution in [2.24, 2.45) is 0 Å². The number of fused-ring (bicyclic) bond motifs is 2. The molecule has 1 amide bonds. The third-order valence-corrected chi connectivity index (χ3v) is 6.14. The van der Waals surface area contributed by atoms with Crippen LogP contribution in [0.1, 0.15) is 34.9 Å². The second kappa shape index (κ2) is 7.15. The Morgan fingerprint density at radius 1 is 1.37 bits per heavy atom. The summed E-state index contributed by atoms with van der Waals surface area (Å²) in [5.41, 5.74) is 1.90. The van der Waals surface area contributed by atoms with E-state index in [1.54, 1.807) is 0 Å². The second-order valence-corrected chi connectivity index (χ2v) is 7.95. The number of aryl methyl sites for hydroxylation is 3. The minimum atomic E-state index is -0.0816. The summed E-state index contributed by atoms with van der Waals surface area (Å²) in [6.07, 6.45) is 2.51. The first-order chi connectivity index (χ1) is 13.0. The van der Waals surface area contributed by atoms with E-state index in [1.807, 2.05) is 38.1 Å². The van der Waals surface area contributed by atoms with Gasteiger partial charge in [0.1, 0.15) is 10.6 Å². The van der Waals surface area contributed by atoms with Gasteiger partial charge in [-0.2, -0.15) is 0 Å². The summed E-state index contributed by atoms with van der Waals surface area (Å²) in [7, 11) is 0. The Bertz CT molecular complexity index is 1070. The molecule has 4 rings (SSSR count). The zero-order valence-corrected chi connectivity index (χ0v) is 16.1. The van der Waals surface area contributed by atoms with Crippen molar-refractivity contribution in [1.82, 2.24) is 14.9 Å². The van der Waals surface area contributed by atoms with Crippen LogP contribution in [0.4, 0.5) is 0 Å². The van der Waals surface area contributed by atoms with Crippen molar-refractivity contribution in [1.29, 1.82) is 0 Å². The van der Waals surface area contributed by atoms with Gasteiger partial charge in [-0.15, -0.1) is 11.3 Å². The molecule has 1 atom stereocenters. The largest absolute Gasteiger partial charge is 0.493 e. The summed E-state index contributed by atoms with van der Waals surface area (Å²) in [6.45, 7) is 4.83. The Morgan fingerprint density at radius 3 is 3.04 bits per heavy atom. The first kappa shape index (κ1) is 17.7. The van der Waals surface area contributed by atoms with Gasteiger partial charge in [-0.25, -0.2) is 4.98 Å². The summed E-state index contributed by atoms with van der Waals surface area (Å²) >= 11 is 1.53. The lowest BCUT2D eigenvalue weighted by molar-refractivity contribution is -0.122. The van der Waals surface area contributed by atoms with Gasteiger partial charge in [0, 0.05) is 29.8 Å². The molecule has 1 unspecified atom stereocenters. The van der Waals surface area contributed by atoms with Crippen LogP contribution in [0, 0.1) is 13.8 Å². The maximum Gasteiger partial charge on any atom is 0.262 e. The number of aromatic nitrogens is 2. The van der Waals surface area contributed by atoms with E-state index in [1.165, 1.54) is 22.2 Å². The molecule has 0 saturated carbocycles. The van der Waals surface area contributed by atoms with Crippen molar-refractivity contribution in [3.05, 3.63) is 57.0 Å². The SMILES string of the molecule is Cc1sc2ncn(CCC(=O)NC3CCOc4ccccc43)c(=O)c2c1C. The van der Waals surface area contributed by atoms with E-state index in [0.717, 1.165) is 33.0 Å². The fraction of sp³-hybridized carbons (Fsp3) is 0.350. The number of carbonyl (C=O) groups is 1. The number of carbonyl (C=O) groups excluding carboxylic acids is 1. The topological polar surface area (TPSA) is 73.2 Å². The molecule has 0 aliphatic carbocycles. The summed E-state index contributed by atoms with van der Waals surface area (Å²) < 4.78 is 7.16. The van der Waals surface area contributed by atoms with E-state index in [-0.39, 0.29) is 23.9 Å². The zero-order valence-electron chi connectivity index (χ0n) is 15.3. The summed E-state index contributed by atoms with van der Waals surface area (Å²) in [6, 6.07) is 7.70. The fourth-order valence-corrected chi connectivity index (χ4v) is 4.40. The lowest BCUT2D eigenvalue weighted by Crippen LogP contribution is -2.33. The summed E-state index contributed by atoms with van der Waals surface area (Å²) in [5, 5.41) is 3.73. The molecular weight excluding hydrogens is 362 g/mol. The molecule has 0 saturated heterocycles. The highest BCUT2D eigenvalue weighted by Gasteiger charge is 2.22. The van der Waals surface area contributed by atoms with Gasteiger partial charge in [0.05, 0.1) is 24.4 Å². The van der Waals surface area contributed by atoms with Gasteiger partial charge >= 0.3 is 0 Å². The molecule has 6 nitrogen and oxygen atoms in total. The minimum absolute atomic E-state index is 0.0541. The average Bonchev–Trinajstić information content (AvgIpc) is 2.96. The third-order valence-electron chi connectivity index (χ3n) is 5.03. The molecule has 0 spiro atoms. The molecule has 0 fully saturated rings. The van der Waals surface area contributed by atoms with E-state index >= 15 is 0 Å². The van der Waals surface area contributed by atoms with Crippen molar-refractivity contribution in [3.8, 4) is 5.75 Å². The van der Waals surface area contributed by atoms with Crippen LogP contribution in [-0.2, 0) is 11.3 Å². The fourth-order valence-electron chi connectivity index (χ4n) is 3.41. The number of para-hydroxylation sites is 1.